The van der Waals surface area contributed by atoms with E-state index < -0.39 is 17.6 Å². The summed E-state index contributed by atoms with van der Waals surface area (Å²) in [6.07, 6.45) is 0. The lowest BCUT2D eigenvalue weighted by Gasteiger charge is -2.25. The van der Waals surface area contributed by atoms with Crippen LogP contribution in [-0.2, 0) is 4.79 Å². The molecule has 98 valence electrons. The Morgan fingerprint density at radius 1 is 1.44 bits per heavy atom. The first kappa shape index (κ1) is 14.6. The number of amides is 2. The van der Waals surface area contributed by atoms with Crippen molar-refractivity contribution in [2.24, 2.45) is 5.73 Å². The Morgan fingerprint density at radius 3 is 2.56 bits per heavy atom. The number of primary amides is 1. The van der Waals surface area contributed by atoms with Crippen molar-refractivity contribution in [3.63, 3.8) is 0 Å². The van der Waals surface area contributed by atoms with Gasteiger partial charge in [0.05, 0.1) is 12.1 Å². The highest BCUT2D eigenvalue weighted by Gasteiger charge is 2.22. The van der Waals surface area contributed by atoms with Gasteiger partial charge in [-0.1, -0.05) is 0 Å². The zero-order valence-electron chi connectivity index (χ0n) is 10.1. The summed E-state index contributed by atoms with van der Waals surface area (Å²) < 4.78 is 13.6. The minimum absolute atomic E-state index is 0.171. The van der Waals surface area contributed by atoms with Crippen LogP contribution in [0.4, 0.5) is 4.39 Å². The summed E-state index contributed by atoms with van der Waals surface area (Å²) in [6.45, 7) is 3.32. The molecule has 0 unspecified atom stereocenters. The summed E-state index contributed by atoms with van der Waals surface area (Å²) in [5, 5.41) is 0. The molecule has 0 saturated heterocycles. The van der Waals surface area contributed by atoms with E-state index in [0.29, 0.717) is 4.47 Å². The Balaban J connectivity index is 3.09. The van der Waals surface area contributed by atoms with Gasteiger partial charge in [-0.2, -0.15) is 0 Å². The molecule has 6 heteroatoms. The number of benzene rings is 1. The monoisotopic (exact) mass is 316 g/mol. The summed E-state index contributed by atoms with van der Waals surface area (Å²) in [5.41, 5.74) is 5.27. The molecule has 0 aliphatic heterocycles. The van der Waals surface area contributed by atoms with Crippen molar-refractivity contribution in [1.82, 2.24) is 4.90 Å². The maximum Gasteiger partial charge on any atom is 0.255 e. The Labute approximate surface area is 113 Å². The summed E-state index contributed by atoms with van der Waals surface area (Å²) in [7, 11) is 0. The molecular weight excluding hydrogens is 303 g/mol. The smallest absolute Gasteiger partial charge is 0.255 e. The molecule has 0 bridgehead atoms. The molecule has 0 heterocycles. The zero-order valence-corrected chi connectivity index (χ0v) is 11.7. The van der Waals surface area contributed by atoms with Crippen molar-refractivity contribution in [3.8, 4) is 0 Å². The van der Waals surface area contributed by atoms with Crippen LogP contribution >= 0.6 is 15.9 Å². The normalized spacial score (nSPS) is 10.5. The first-order chi connectivity index (χ1) is 8.32. The molecule has 0 radical (unpaired) electrons. The molecule has 0 aromatic heterocycles. The minimum atomic E-state index is -0.607. The van der Waals surface area contributed by atoms with Gasteiger partial charge in [0.1, 0.15) is 5.82 Å². The van der Waals surface area contributed by atoms with Crippen LogP contribution in [0.25, 0.3) is 0 Å². The van der Waals surface area contributed by atoms with Crippen molar-refractivity contribution in [2.75, 3.05) is 6.54 Å². The number of carbonyl (C=O) groups is 2. The van der Waals surface area contributed by atoms with E-state index in [1.807, 2.05) is 0 Å². The fourth-order valence-corrected chi connectivity index (χ4v) is 1.89. The average Bonchev–Trinajstić information content (AvgIpc) is 2.27. The van der Waals surface area contributed by atoms with Crippen LogP contribution in [0.3, 0.4) is 0 Å². The quantitative estimate of drug-likeness (QED) is 0.922. The highest BCUT2D eigenvalue weighted by molar-refractivity contribution is 9.10. The molecule has 2 amide bonds. The van der Waals surface area contributed by atoms with Crippen LogP contribution in [-0.4, -0.2) is 29.3 Å². The molecule has 4 nitrogen and oxygen atoms in total. The van der Waals surface area contributed by atoms with E-state index in [-0.39, 0.29) is 18.2 Å². The van der Waals surface area contributed by atoms with Crippen LogP contribution in [0.2, 0.25) is 0 Å². The van der Waals surface area contributed by atoms with Gasteiger partial charge in [0, 0.05) is 10.5 Å². The van der Waals surface area contributed by atoms with E-state index in [0.717, 1.165) is 6.07 Å². The Kier molecular flexibility index (Phi) is 4.84. The van der Waals surface area contributed by atoms with Crippen molar-refractivity contribution < 1.29 is 14.0 Å². The van der Waals surface area contributed by atoms with Crippen LogP contribution in [0.15, 0.2) is 22.7 Å². The molecular formula is C12H14BrFN2O2. The fourth-order valence-electron chi connectivity index (χ4n) is 1.47. The molecule has 18 heavy (non-hydrogen) atoms. The lowest BCUT2D eigenvalue weighted by Crippen LogP contribution is -2.42. The summed E-state index contributed by atoms with van der Waals surface area (Å²) >= 11 is 3.18. The van der Waals surface area contributed by atoms with Crippen molar-refractivity contribution >= 4 is 27.7 Å². The third-order valence-electron chi connectivity index (χ3n) is 2.37. The van der Waals surface area contributed by atoms with Gasteiger partial charge in [-0.05, 0) is 48.0 Å². The Bertz CT molecular complexity index is 477. The van der Waals surface area contributed by atoms with E-state index in [1.54, 1.807) is 13.8 Å². The SMILES string of the molecule is CC(C)N(CC(N)=O)C(=O)c1cc(F)ccc1Br. The molecule has 0 fully saturated rings. The standard InChI is InChI=1S/C12H14BrFN2O2/c1-7(2)16(6-11(15)17)12(18)9-5-8(14)3-4-10(9)13/h3-5,7H,6H2,1-2H3,(H2,15,17). The number of hydrogen-bond donors (Lipinski definition) is 1. The molecule has 1 aromatic carbocycles. The van der Waals surface area contributed by atoms with Crippen molar-refractivity contribution in [2.45, 2.75) is 19.9 Å². The average molecular weight is 317 g/mol. The van der Waals surface area contributed by atoms with E-state index in [2.05, 4.69) is 15.9 Å². The van der Waals surface area contributed by atoms with Crippen LogP contribution in [0.1, 0.15) is 24.2 Å². The number of nitrogens with two attached hydrogens (primary N) is 1. The lowest BCUT2D eigenvalue weighted by molar-refractivity contribution is -0.119. The highest BCUT2D eigenvalue weighted by atomic mass is 79.9. The third-order valence-corrected chi connectivity index (χ3v) is 3.06. The highest BCUT2D eigenvalue weighted by Crippen LogP contribution is 2.20. The van der Waals surface area contributed by atoms with Crippen LogP contribution in [0, 0.1) is 5.82 Å². The number of nitrogens with zero attached hydrogens (tertiary/aromatic N) is 1. The maximum absolute atomic E-state index is 13.2. The van der Waals surface area contributed by atoms with Gasteiger partial charge < -0.3 is 10.6 Å². The van der Waals surface area contributed by atoms with Gasteiger partial charge in [0.15, 0.2) is 0 Å². The van der Waals surface area contributed by atoms with E-state index in [9.17, 15) is 14.0 Å². The van der Waals surface area contributed by atoms with Crippen LogP contribution in [0.5, 0.6) is 0 Å². The van der Waals surface area contributed by atoms with E-state index in [4.69, 9.17) is 5.73 Å². The third kappa shape index (κ3) is 3.53. The van der Waals surface area contributed by atoms with E-state index >= 15 is 0 Å². The largest absolute Gasteiger partial charge is 0.368 e. The number of carbonyl (C=O) groups excluding carboxylic acids is 2. The number of hydrogen-bond acceptors (Lipinski definition) is 2. The van der Waals surface area contributed by atoms with Crippen molar-refractivity contribution in [1.29, 1.82) is 0 Å². The maximum atomic E-state index is 13.2. The first-order valence-electron chi connectivity index (χ1n) is 5.37. The van der Waals surface area contributed by atoms with Crippen LogP contribution < -0.4 is 5.73 Å². The van der Waals surface area contributed by atoms with Gasteiger partial charge in [-0.3, -0.25) is 9.59 Å². The minimum Gasteiger partial charge on any atom is -0.368 e. The van der Waals surface area contributed by atoms with Gasteiger partial charge in [0.25, 0.3) is 5.91 Å². The molecule has 0 atom stereocenters. The van der Waals surface area contributed by atoms with Gasteiger partial charge in [-0.15, -0.1) is 0 Å². The summed E-state index contributed by atoms with van der Waals surface area (Å²) in [5.74, 6) is -1.55. The fraction of sp³-hybridized carbons (Fsp3) is 0.333. The Hall–Kier alpha value is -1.43. The first-order valence-corrected chi connectivity index (χ1v) is 6.16. The molecule has 2 N–H and O–H groups in total. The second-order valence-corrected chi connectivity index (χ2v) is 4.97. The van der Waals surface area contributed by atoms with Crippen molar-refractivity contribution in [3.05, 3.63) is 34.1 Å². The molecule has 0 saturated carbocycles. The van der Waals surface area contributed by atoms with E-state index in [1.165, 1.54) is 17.0 Å². The molecule has 1 aromatic rings. The predicted octanol–water partition coefficient (Wildman–Crippen LogP) is 1.92. The predicted molar refractivity (Wildman–Crippen MR) is 69.5 cm³/mol. The van der Waals surface area contributed by atoms with Gasteiger partial charge in [-0.25, -0.2) is 4.39 Å². The second kappa shape index (κ2) is 5.95. The Morgan fingerprint density at radius 2 is 2.06 bits per heavy atom. The zero-order chi connectivity index (χ0) is 13.9. The summed E-state index contributed by atoms with van der Waals surface area (Å²) in [6, 6.07) is 3.61. The van der Waals surface area contributed by atoms with Gasteiger partial charge in [0.2, 0.25) is 5.91 Å². The molecule has 0 aliphatic carbocycles. The molecule has 0 aliphatic rings. The molecule has 0 spiro atoms. The van der Waals surface area contributed by atoms with Gasteiger partial charge >= 0.3 is 0 Å². The second-order valence-electron chi connectivity index (χ2n) is 4.12. The topological polar surface area (TPSA) is 63.4 Å². The summed E-state index contributed by atoms with van der Waals surface area (Å²) in [4.78, 5) is 24.5. The number of halogens is 2. The lowest BCUT2D eigenvalue weighted by atomic mass is 10.1. The molecule has 1 rings (SSSR count). The number of rotatable bonds is 4.